The fraction of sp³-hybridized carbons (Fsp3) is 1.00. The molecule has 0 spiro atoms. The van der Waals surface area contributed by atoms with Gasteiger partial charge in [0.05, 0.1) is 0 Å². The molecule has 0 radical (unpaired) electrons. The zero-order chi connectivity index (χ0) is 13.5. The molecular formula is C16H32N2S. The lowest BCUT2D eigenvalue weighted by molar-refractivity contribution is 0.143. The van der Waals surface area contributed by atoms with Gasteiger partial charge in [0.15, 0.2) is 0 Å². The Bertz CT molecular complexity index is 239. The molecule has 0 amide bonds. The van der Waals surface area contributed by atoms with E-state index in [4.69, 9.17) is 0 Å². The molecule has 0 aromatic heterocycles. The number of nitrogens with zero attached hydrogens (tertiary/aromatic N) is 1. The molecule has 0 bridgehead atoms. The van der Waals surface area contributed by atoms with Gasteiger partial charge in [0.2, 0.25) is 0 Å². The third kappa shape index (κ3) is 4.95. The predicted molar refractivity (Wildman–Crippen MR) is 87.0 cm³/mol. The summed E-state index contributed by atoms with van der Waals surface area (Å²) in [7, 11) is 0. The Balaban J connectivity index is 1.88. The molecule has 1 aliphatic carbocycles. The van der Waals surface area contributed by atoms with Crippen molar-refractivity contribution in [3.63, 3.8) is 0 Å². The SMILES string of the molecule is CCNC1CCC(CC)CC1CN1CCCSCC1. The van der Waals surface area contributed by atoms with Crippen LogP contribution in [0, 0.1) is 11.8 Å². The Morgan fingerprint density at radius 3 is 2.84 bits per heavy atom. The molecular weight excluding hydrogens is 252 g/mol. The van der Waals surface area contributed by atoms with Crippen molar-refractivity contribution in [3.8, 4) is 0 Å². The predicted octanol–water partition coefficient (Wildman–Crippen LogP) is 3.23. The van der Waals surface area contributed by atoms with Crippen molar-refractivity contribution in [1.29, 1.82) is 0 Å². The molecule has 3 unspecified atom stereocenters. The minimum Gasteiger partial charge on any atom is -0.314 e. The monoisotopic (exact) mass is 284 g/mol. The summed E-state index contributed by atoms with van der Waals surface area (Å²) in [6.07, 6.45) is 7.07. The smallest absolute Gasteiger partial charge is 0.0108 e. The Hall–Kier alpha value is 0.270. The van der Waals surface area contributed by atoms with E-state index in [1.165, 1.54) is 63.2 Å². The first-order chi connectivity index (χ1) is 9.33. The summed E-state index contributed by atoms with van der Waals surface area (Å²) < 4.78 is 0. The van der Waals surface area contributed by atoms with Crippen molar-refractivity contribution in [3.05, 3.63) is 0 Å². The molecule has 0 aromatic rings. The molecule has 1 saturated carbocycles. The first-order valence-electron chi connectivity index (χ1n) is 8.37. The van der Waals surface area contributed by atoms with Gasteiger partial charge < -0.3 is 10.2 Å². The third-order valence-electron chi connectivity index (χ3n) is 4.94. The second-order valence-electron chi connectivity index (χ2n) is 6.28. The van der Waals surface area contributed by atoms with E-state index in [1.807, 2.05) is 0 Å². The number of hydrogen-bond donors (Lipinski definition) is 1. The van der Waals surface area contributed by atoms with Crippen LogP contribution in [0.4, 0.5) is 0 Å². The fourth-order valence-electron chi connectivity index (χ4n) is 3.78. The van der Waals surface area contributed by atoms with Gasteiger partial charge in [-0.2, -0.15) is 11.8 Å². The maximum Gasteiger partial charge on any atom is 0.0108 e. The zero-order valence-corrected chi connectivity index (χ0v) is 13.7. The van der Waals surface area contributed by atoms with Crippen molar-refractivity contribution in [2.24, 2.45) is 11.8 Å². The summed E-state index contributed by atoms with van der Waals surface area (Å²) >= 11 is 2.14. The quantitative estimate of drug-likeness (QED) is 0.834. The highest BCUT2D eigenvalue weighted by Crippen LogP contribution is 2.32. The highest BCUT2D eigenvalue weighted by Gasteiger charge is 2.30. The van der Waals surface area contributed by atoms with Crippen LogP contribution in [0.15, 0.2) is 0 Å². The molecule has 0 aromatic carbocycles. The lowest BCUT2D eigenvalue weighted by atomic mass is 9.76. The van der Waals surface area contributed by atoms with Gasteiger partial charge in [-0.3, -0.25) is 0 Å². The largest absolute Gasteiger partial charge is 0.314 e. The van der Waals surface area contributed by atoms with E-state index in [2.05, 4.69) is 35.8 Å². The van der Waals surface area contributed by atoms with Gasteiger partial charge >= 0.3 is 0 Å². The standard InChI is InChI=1S/C16H32N2S/c1-3-14-6-7-16(17-4-2)15(12-14)13-18-8-5-10-19-11-9-18/h14-17H,3-13H2,1-2H3. The Labute approximate surface area is 124 Å². The molecule has 2 aliphatic rings. The van der Waals surface area contributed by atoms with Crippen molar-refractivity contribution >= 4 is 11.8 Å². The van der Waals surface area contributed by atoms with E-state index in [0.717, 1.165) is 24.4 Å². The van der Waals surface area contributed by atoms with Crippen LogP contribution in [0.25, 0.3) is 0 Å². The topological polar surface area (TPSA) is 15.3 Å². The highest BCUT2D eigenvalue weighted by atomic mass is 32.2. The number of nitrogens with one attached hydrogen (secondary N) is 1. The maximum absolute atomic E-state index is 3.75. The van der Waals surface area contributed by atoms with E-state index >= 15 is 0 Å². The van der Waals surface area contributed by atoms with Gasteiger partial charge in [-0.05, 0) is 56.4 Å². The first-order valence-corrected chi connectivity index (χ1v) is 9.52. The molecule has 19 heavy (non-hydrogen) atoms. The average molecular weight is 285 g/mol. The first kappa shape index (κ1) is 15.7. The fourth-order valence-corrected chi connectivity index (χ4v) is 4.70. The molecule has 3 heteroatoms. The van der Waals surface area contributed by atoms with Crippen molar-refractivity contribution in [1.82, 2.24) is 10.2 Å². The lowest BCUT2D eigenvalue weighted by Crippen LogP contribution is -2.46. The Morgan fingerprint density at radius 2 is 2.05 bits per heavy atom. The second-order valence-corrected chi connectivity index (χ2v) is 7.50. The van der Waals surface area contributed by atoms with Gasteiger partial charge in [-0.15, -0.1) is 0 Å². The molecule has 2 fully saturated rings. The van der Waals surface area contributed by atoms with Crippen molar-refractivity contribution < 1.29 is 0 Å². The summed E-state index contributed by atoms with van der Waals surface area (Å²) in [6, 6.07) is 0.781. The molecule has 2 rings (SSSR count). The van der Waals surface area contributed by atoms with Crippen LogP contribution in [0.3, 0.4) is 0 Å². The van der Waals surface area contributed by atoms with Gasteiger partial charge in [0.25, 0.3) is 0 Å². The van der Waals surface area contributed by atoms with Gasteiger partial charge in [0, 0.05) is 24.9 Å². The van der Waals surface area contributed by atoms with Crippen LogP contribution in [0.5, 0.6) is 0 Å². The van der Waals surface area contributed by atoms with Crippen LogP contribution in [0.1, 0.15) is 46.0 Å². The number of thioether (sulfide) groups is 1. The molecule has 2 nitrogen and oxygen atoms in total. The summed E-state index contributed by atoms with van der Waals surface area (Å²) in [5.74, 6) is 4.59. The molecule has 3 atom stereocenters. The Kier molecular flexibility index (Phi) is 7.03. The molecule has 1 aliphatic heterocycles. The minimum absolute atomic E-state index is 0.781. The lowest BCUT2D eigenvalue weighted by Gasteiger charge is -2.39. The van der Waals surface area contributed by atoms with Crippen molar-refractivity contribution in [2.45, 2.75) is 52.0 Å². The zero-order valence-electron chi connectivity index (χ0n) is 12.9. The van der Waals surface area contributed by atoms with Crippen LogP contribution in [0.2, 0.25) is 0 Å². The van der Waals surface area contributed by atoms with Gasteiger partial charge in [0.1, 0.15) is 0 Å². The molecule has 112 valence electrons. The average Bonchev–Trinajstić information content (AvgIpc) is 2.69. The number of rotatable bonds is 5. The van der Waals surface area contributed by atoms with Crippen LogP contribution in [-0.4, -0.2) is 48.6 Å². The minimum atomic E-state index is 0.781. The van der Waals surface area contributed by atoms with E-state index in [-0.39, 0.29) is 0 Å². The summed E-state index contributed by atoms with van der Waals surface area (Å²) in [6.45, 7) is 9.75. The molecule has 1 heterocycles. The number of hydrogen-bond acceptors (Lipinski definition) is 3. The summed E-state index contributed by atoms with van der Waals surface area (Å²) in [4.78, 5) is 2.74. The summed E-state index contributed by atoms with van der Waals surface area (Å²) in [5, 5.41) is 3.75. The van der Waals surface area contributed by atoms with E-state index in [1.54, 1.807) is 0 Å². The third-order valence-corrected chi connectivity index (χ3v) is 5.99. The van der Waals surface area contributed by atoms with Crippen molar-refractivity contribution in [2.75, 3.05) is 37.7 Å². The van der Waals surface area contributed by atoms with E-state index in [9.17, 15) is 0 Å². The van der Waals surface area contributed by atoms with E-state index < -0.39 is 0 Å². The van der Waals surface area contributed by atoms with Gasteiger partial charge in [-0.1, -0.05) is 20.3 Å². The maximum atomic E-state index is 3.75. The van der Waals surface area contributed by atoms with E-state index in [0.29, 0.717) is 0 Å². The summed E-state index contributed by atoms with van der Waals surface area (Å²) in [5.41, 5.74) is 0. The van der Waals surface area contributed by atoms with Crippen LogP contribution >= 0.6 is 11.8 Å². The van der Waals surface area contributed by atoms with Crippen LogP contribution < -0.4 is 5.32 Å². The normalized spacial score (nSPS) is 34.1. The Morgan fingerprint density at radius 1 is 1.16 bits per heavy atom. The highest BCUT2D eigenvalue weighted by molar-refractivity contribution is 7.99. The second kappa shape index (κ2) is 8.53. The van der Waals surface area contributed by atoms with Gasteiger partial charge in [-0.25, -0.2) is 0 Å². The molecule has 1 N–H and O–H groups in total. The molecule has 1 saturated heterocycles. The van der Waals surface area contributed by atoms with Crippen LogP contribution in [-0.2, 0) is 0 Å².